The first-order chi connectivity index (χ1) is 9.20. The molecule has 3 nitrogen and oxygen atoms in total. The summed E-state index contributed by atoms with van der Waals surface area (Å²) in [5.41, 5.74) is 3.19. The van der Waals surface area contributed by atoms with Crippen LogP contribution in [0.15, 0.2) is 18.2 Å². The van der Waals surface area contributed by atoms with Gasteiger partial charge in [-0.15, -0.1) is 0 Å². The number of hydrogen-bond acceptors (Lipinski definition) is 2. The van der Waals surface area contributed by atoms with Gasteiger partial charge < -0.3 is 10.6 Å². The van der Waals surface area contributed by atoms with Gasteiger partial charge in [0.15, 0.2) is 0 Å². The summed E-state index contributed by atoms with van der Waals surface area (Å²) in [7, 11) is 0. The zero-order valence-corrected chi connectivity index (χ0v) is 12.0. The Morgan fingerprint density at radius 1 is 1.26 bits per heavy atom. The molecule has 2 rings (SSSR count). The van der Waals surface area contributed by atoms with Crippen LogP contribution in [0.1, 0.15) is 44.6 Å². The molecule has 0 aliphatic heterocycles. The molecule has 1 saturated carbocycles. The number of benzene rings is 1. The summed E-state index contributed by atoms with van der Waals surface area (Å²) in [5.74, 6) is 0.879. The predicted octanol–water partition coefficient (Wildman–Crippen LogP) is 3.95. The van der Waals surface area contributed by atoms with E-state index in [0.29, 0.717) is 6.42 Å². The topological polar surface area (TPSA) is 41.1 Å². The van der Waals surface area contributed by atoms with Crippen LogP contribution in [0.25, 0.3) is 0 Å². The van der Waals surface area contributed by atoms with Crippen LogP contribution >= 0.6 is 0 Å². The quantitative estimate of drug-likeness (QED) is 0.841. The molecule has 0 heterocycles. The van der Waals surface area contributed by atoms with Crippen molar-refractivity contribution in [2.24, 2.45) is 5.92 Å². The molecule has 1 aromatic rings. The second-order valence-corrected chi connectivity index (χ2v) is 5.41. The minimum Gasteiger partial charge on any atom is -0.384 e. The maximum absolute atomic E-state index is 11.5. The molecule has 0 unspecified atom stereocenters. The summed E-state index contributed by atoms with van der Waals surface area (Å²) < 4.78 is 0. The van der Waals surface area contributed by atoms with Gasteiger partial charge in [0.25, 0.3) is 0 Å². The van der Waals surface area contributed by atoms with Gasteiger partial charge in [0.1, 0.15) is 0 Å². The summed E-state index contributed by atoms with van der Waals surface area (Å²) in [5, 5.41) is 6.48. The fraction of sp³-hybridized carbons (Fsp3) is 0.562. The third-order valence-electron chi connectivity index (χ3n) is 3.98. The van der Waals surface area contributed by atoms with E-state index in [1.807, 2.05) is 19.1 Å². The molecular weight excluding hydrogens is 236 g/mol. The van der Waals surface area contributed by atoms with E-state index in [1.165, 1.54) is 25.7 Å². The highest BCUT2D eigenvalue weighted by Gasteiger charge is 2.15. The number of hydrogen-bond donors (Lipinski definition) is 2. The lowest BCUT2D eigenvalue weighted by molar-refractivity contribution is -0.115. The Morgan fingerprint density at radius 3 is 2.63 bits per heavy atom. The van der Waals surface area contributed by atoms with Crippen molar-refractivity contribution in [2.75, 3.05) is 17.2 Å². The van der Waals surface area contributed by atoms with Crippen molar-refractivity contribution in [1.29, 1.82) is 0 Å². The summed E-state index contributed by atoms with van der Waals surface area (Å²) in [4.78, 5) is 11.5. The number of carbonyl (C=O) groups is 1. The van der Waals surface area contributed by atoms with Gasteiger partial charge in [0.05, 0.1) is 0 Å². The van der Waals surface area contributed by atoms with Crippen molar-refractivity contribution in [3.05, 3.63) is 23.8 Å². The molecule has 0 aromatic heterocycles. The van der Waals surface area contributed by atoms with Crippen LogP contribution < -0.4 is 10.6 Å². The molecule has 0 radical (unpaired) electrons. The molecule has 1 aromatic carbocycles. The third-order valence-corrected chi connectivity index (χ3v) is 3.98. The maximum Gasteiger partial charge on any atom is 0.224 e. The Labute approximate surface area is 115 Å². The average molecular weight is 260 g/mol. The van der Waals surface area contributed by atoms with E-state index >= 15 is 0 Å². The molecule has 0 spiro atoms. The zero-order valence-electron chi connectivity index (χ0n) is 12.0. The Morgan fingerprint density at radius 2 is 1.95 bits per heavy atom. The van der Waals surface area contributed by atoms with Crippen LogP contribution in [0.2, 0.25) is 0 Å². The second kappa shape index (κ2) is 6.60. The highest BCUT2D eigenvalue weighted by molar-refractivity contribution is 5.92. The first-order valence-electron chi connectivity index (χ1n) is 7.34. The normalized spacial score (nSPS) is 15.5. The van der Waals surface area contributed by atoms with Gasteiger partial charge in [0, 0.05) is 24.3 Å². The number of nitrogens with one attached hydrogen (secondary N) is 2. The summed E-state index contributed by atoms with van der Waals surface area (Å²) in [6, 6.07) is 6.05. The number of anilines is 2. The van der Waals surface area contributed by atoms with Crippen molar-refractivity contribution < 1.29 is 4.79 Å². The van der Waals surface area contributed by atoms with Crippen molar-refractivity contribution in [3.63, 3.8) is 0 Å². The van der Waals surface area contributed by atoms with Gasteiger partial charge >= 0.3 is 0 Å². The summed E-state index contributed by atoms with van der Waals surface area (Å²) >= 11 is 0. The molecule has 0 atom stereocenters. The van der Waals surface area contributed by atoms with Crippen LogP contribution in [0, 0.1) is 12.8 Å². The van der Waals surface area contributed by atoms with E-state index in [4.69, 9.17) is 0 Å². The second-order valence-electron chi connectivity index (χ2n) is 5.41. The SMILES string of the molecule is CCC(=O)Nc1cccc(NCC2CCCC2)c1C. The molecule has 3 heteroatoms. The fourth-order valence-corrected chi connectivity index (χ4v) is 2.67. The Hall–Kier alpha value is -1.51. The monoisotopic (exact) mass is 260 g/mol. The summed E-state index contributed by atoms with van der Waals surface area (Å²) in [6.45, 7) is 4.97. The highest BCUT2D eigenvalue weighted by Crippen LogP contribution is 2.27. The van der Waals surface area contributed by atoms with Crippen LogP contribution in [-0.4, -0.2) is 12.5 Å². The fourth-order valence-electron chi connectivity index (χ4n) is 2.67. The number of amides is 1. The molecule has 0 bridgehead atoms. The van der Waals surface area contributed by atoms with Gasteiger partial charge in [-0.25, -0.2) is 0 Å². The minimum absolute atomic E-state index is 0.0658. The first-order valence-corrected chi connectivity index (χ1v) is 7.34. The standard InChI is InChI=1S/C16H24N2O/c1-3-16(19)18-15-10-6-9-14(12(15)2)17-11-13-7-4-5-8-13/h6,9-10,13,17H,3-5,7-8,11H2,1-2H3,(H,18,19). The Balaban J connectivity index is 1.99. The molecule has 1 fully saturated rings. The largest absolute Gasteiger partial charge is 0.384 e. The third kappa shape index (κ3) is 3.72. The number of rotatable bonds is 5. The minimum atomic E-state index is 0.0658. The average Bonchev–Trinajstić information content (AvgIpc) is 2.93. The Kier molecular flexibility index (Phi) is 4.83. The van der Waals surface area contributed by atoms with E-state index in [0.717, 1.165) is 29.4 Å². The smallest absolute Gasteiger partial charge is 0.224 e. The van der Waals surface area contributed by atoms with Crippen molar-refractivity contribution >= 4 is 17.3 Å². The molecule has 1 amide bonds. The molecule has 1 aliphatic rings. The van der Waals surface area contributed by atoms with Gasteiger partial charge in [-0.2, -0.15) is 0 Å². The lowest BCUT2D eigenvalue weighted by Crippen LogP contribution is -2.14. The zero-order chi connectivity index (χ0) is 13.7. The van der Waals surface area contributed by atoms with Crippen LogP contribution in [0.4, 0.5) is 11.4 Å². The molecule has 104 valence electrons. The van der Waals surface area contributed by atoms with Crippen LogP contribution in [-0.2, 0) is 4.79 Å². The van der Waals surface area contributed by atoms with E-state index in [1.54, 1.807) is 0 Å². The van der Waals surface area contributed by atoms with Crippen LogP contribution in [0.3, 0.4) is 0 Å². The maximum atomic E-state index is 11.5. The lowest BCUT2D eigenvalue weighted by Gasteiger charge is -2.16. The van der Waals surface area contributed by atoms with Gasteiger partial charge in [0.2, 0.25) is 5.91 Å². The molecule has 0 saturated heterocycles. The van der Waals surface area contributed by atoms with E-state index in [-0.39, 0.29) is 5.91 Å². The molecule has 2 N–H and O–H groups in total. The van der Waals surface area contributed by atoms with E-state index in [9.17, 15) is 4.79 Å². The molecule has 19 heavy (non-hydrogen) atoms. The van der Waals surface area contributed by atoms with Crippen molar-refractivity contribution in [1.82, 2.24) is 0 Å². The number of carbonyl (C=O) groups excluding carboxylic acids is 1. The Bertz CT molecular complexity index is 436. The lowest BCUT2D eigenvalue weighted by atomic mass is 10.1. The van der Waals surface area contributed by atoms with Gasteiger partial charge in [-0.3, -0.25) is 4.79 Å². The first kappa shape index (κ1) is 13.9. The van der Waals surface area contributed by atoms with Crippen molar-refractivity contribution in [3.8, 4) is 0 Å². The van der Waals surface area contributed by atoms with E-state index < -0.39 is 0 Å². The van der Waals surface area contributed by atoms with Gasteiger partial charge in [-0.05, 0) is 43.4 Å². The van der Waals surface area contributed by atoms with E-state index in [2.05, 4.69) is 23.6 Å². The molecular formula is C16H24N2O. The highest BCUT2D eigenvalue weighted by atomic mass is 16.1. The van der Waals surface area contributed by atoms with Gasteiger partial charge in [-0.1, -0.05) is 25.8 Å². The summed E-state index contributed by atoms with van der Waals surface area (Å²) in [6.07, 6.45) is 5.95. The predicted molar refractivity (Wildman–Crippen MR) is 80.5 cm³/mol. The molecule has 1 aliphatic carbocycles. The van der Waals surface area contributed by atoms with Crippen LogP contribution in [0.5, 0.6) is 0 Å². The van der Waals surface area contributed by atoms with Crippen molar-refractivity contribution in [2.45, 2.75) is 46.0 Å².